The third kappa shape index (κ3) is 1.62. The average molecular weight is 143 g/mol. The second-order valence-corrected chi connectivity index (χ2v) is 2.90. The minimum absolute atomic E-state index is 0.119. The van der Waals surface area contributed by atoms with Gasteiger partial charge in [-0.15, -0.1) is 0 Å². The van der Waals surface area contributed by atoms with Crippen molar-refractivity contribution < 1.29 is 9.53 Å². The quantitative estimate of drug-likeness (QED) is 0.597. The topological polar surface area (TPSA) is 38.3 Å². The first-order valence-corrected chi connectivity index (χ1v) is 3.64. The minimum atomic E-state index is -0.273. The summed E-state index contributed by atoms with van der Waals surface area (Å²) in [7, 11) is 0. The highest BCUT2D eigenvalue weighted by atomic mass is 16.6. The van der Waals surface area contributed by atoms with Crippen molar-refractivity contribution in [2.24, 2.45) is 5.92 Å². The summed E-state index contributed by atoms with van der Waals surface area (Å²) in [4.78, 5) is 10.6. The molecule has 1 amide bonds. The van der Waals surface area contributed by atoms with E-state index in [0.717, 1.165) is 13.0 Å². The van der Waals surface area contributed by atoms with E-state index in [-0.39, 0.29) is 12.2 Å². The number of carbonyl (C=O) groups is 1. The highest BCUT2D eigenvalue weighted by molar-refractivity contribution is 5.68. The van der Waals surface area contributed by atoms with Crippen molar-refractivity contribution in [1.29, 1.82) is 0 Å². The molecule has 0 radical (unpaired) electrons. The van der Waals surface area contributed by atoms with Crippen molar-refractivity contribution in [3.63, 3.8) is 0 Å². The van der Waals surface area contributed by atoms with E-state index in [1.54, 1.807) is 0 Å². The van der Waals surface area contributed by atoms with Gasteiger partial charge in [-0.05, 0) is 5.92 Å². The summed E-state index contributed by atoms with van der Waals surface area (Å²) in [5.74, 6) is 0.436. The molecule has 1 N–H and O–H groups in total. The van der Waals surface area contributed by atoms with Crippen LogP contribution >= 0.6 is 0 Å². The van der Waals surface area contributed by atoms with Crippen LogP contribution in [0.15, 0.2) is 0 Å². The molecule has 0 aromatic heterocycles. The van der Waals surface area contributed by atoms with Crippen LogP contribution in [0.25, 0.3) is 0 Å². The Labute approximate surface area is 60.7 Å². The Balaban J connectivity index is 2.39. The summed E-state index contributed by atoms with van der Waals surface area (Å²) < 4.78 is 5.00. The minimum Gasteiger partial charge on any atom is -0.446 e. The van der Waals surface area contributed by atoms with Gasteiger partial charge in [-0.2, -0.15) is 0 Å². The van der Waals surface area contributed by atoms with Crippen LogP contribution < -0.4 is 5.32 Å². The van der Waals surface area contributed by atoms with Crippen molar-refractivity contribution in [2.75, 3.05) is 6.54 Å². The molecule has 0 saturated carbocycles. The lowest BCUT2D eigenvalue weighted by molar-refractivity contribution is 0.0481. The van der Waals surface area contributed by atoms with Crippen LogP contribution in [-0.4, -0.2) is 18.7 Å². The summed E-state index contributed by atoms with van der Waals surface area (Å²) >= 11 is 0. The van der Waals surface area contributed by atoms with Crippen LogP contribution in [-0.2, 0) is 4.74 Å². The summed E-state index contributed by atoms with van der Waals surface area (Å²) in [6.45, 7) is 4.87. The lowest BCUT2D eigenvalue weighted by Gasteiger charge is -2.25. The Morgan fingerprint density at radius 1 is 1.70 bits per heavy atom. The fourth-order valence-corrected chi connectivity index (χ4v) is 1.02. The molecule has 1 aliphatic rings. The zero-order valence-electron chi connectivity index (χ0n) is 6.39. The van der Waals surface area contributed by atoms with E-state index >= 15 is 0 Å². The maximum Gasteiger partial charge on any atom is 0.407 e. The van der Waals surface area contributed by atoms with Crippen LogP contribution in [0.4, 0.5) is 4.79 Å². The van der Waals surface area contributed by atoms with Crippen molar-refractivity contribution in [2.45, 2.75) is 26.4 Å². The summed E-state index contributed by atoms with van der Waals surface area (Å²) in [6, 6.07) is 0. The van der Waals surface area contributed by atoms with Gasteiger partial charge in [0.25, 0.3) is 0 Å². The Morgan fingerprint density at radius 2 is 2.40 bits per heavy atom. The van der Waals surface area contributed by atoms with Crippen molar-refractivity contribution in [1.82, 2.24) is 5.32 Å². The molecule has 58 valence electrons. The molecular formula is C7H13NO2. The van der Waals surface area contributed by atoms with Gasteiger partial charge in [-0.1, -0.05) is 13.8 Å². The van der Waals surface area contributed by atoms with Gasteiger partial charge in [0.05, 0.1) is 0 Å². The molecule has 1 heterocycles. The summed E-state index contributed by atoms with van der Waals surface area (Å²) in [5, 5.41) is 2.61. The number of nitrogens with one attached hydrogen (secondary N) is 1. The Morgan fingerprint density at radius 3 is 2.80 bits per heavy atom. The largest absolute Gasteiger partial charge is 0.446 e. The highest BCUT2D eigenvalue weighted by Gasteiger charge is 2.21. The molecule has 1 unspecified atom stereocenters. The predicted molar refractivity (Wildman–Crippen MR) is 37.7 cm³/mol. The number of hydrogen-bond donors (Lipinski definition) is 1. The van der Waals surface area contributed by atoms with Crippen LogP contribution in [0, 0.1) is 5.92 Å². The number of hydrogen-bond acceptors (Lipinski definition) is 2. The van der Waals surface area contributed by atoms with Crippen molar-refractivity contribution in [3.05, 3.63) is 0 Å². The molecule has 3 nitrogen and oxygen atoms in total. The first-order valence-electron chi connectivity index (χ1n) is 3.64. The van der Waals surface area contributed by atoms with Crippen LogP contribution in [0.3, 0.4) is 0 Å². The number of rotatable bonds is 1. The van der Waals surface area contributed by atoms with Gasteiger partial charge in [0.15, 0.2) is 0 Å². The molecule has 10 heavy (non-hydrogen) atoms. The molecule has 0 aromatic carbocycles. The molecule has 0 spiro atoms. The molecule has 1 fully saturated rings. The van der Waals surface area contributed by atoms with Gasteiger partial charge >= 0.3 is 6.09 Å². The zero-order valence-corrected chi connectivity index (χ0v) is 6.39. The number of ether oxygens (including phenoxy) is 1. The number of amides is 1. The van der Waals surface area contributed by atoms with Crippen LogP contribution in [0.1, 0.15) is 20.3 Å². The third-order valence-corrected chi connectivity index (χ3v) is 1.70. The highest BCUT2D eigenvalue weighted by Crippen LogP contribution is 2.12. The second kappa shape index (κ2) is 2.90. The molecule has 0 aromatic rings. The van der Waals surface area contributed by atoms with E-state index in [1.165, 1.54) is 0 Å². The first kappa shape index (κ1) is 7.38. The smallest absolute Gasteiger partial charge is 0.407 e. The predicted octanol–water partition coefficient (Wildman–Crippen LogP) is 1.14. The molecule has 1 aliphatic heterocycles. The Hall–Kier alpha value is -0.730. The van der Waals surface area contributed by atoms with Gasteiger partial charge < -0.3 is 10.1 Å². The summed E-state index contributed by atoms with van der Waals surface area (Å²) in [6.07, 6.45) is 0.780. The zero-order chi connectivity index (χ0) is 7.56. The van der Waals surface area contributed by atoms with Gasteiger partial charge in [0, 0.05) is 13.0 Å². The third-order valence-electron chi connectivity index (χ3n) is 1.70. The van der Waals surface area contributed by atoms with E-state index in [4.69, 9.17) is 4.74 Å². The number of cyclic esters (lactones) is 1. The number of carbonyl (C=O) groups excluding carboxylic acids is 1. The SMILES string of the molecule is CC(C)C1CCNC(=O)O1. The number of alkyl carbamates (subject to hydrolysis) is 1. The normalized spacial score (nSPS) is 25.9. The maximum atomic E-state index is 10.6. The first-order chi connectivity index (χ1) is 4.70. The van der Waals surface area contributed by atoms with Gasteiger partial charge in [0.1, 0.15) is 6.10 Å². The van der Waals surface area contributed by atoms with E-state index in [9.17, 15) is 4.79 Å². The Bertz CT molecular complexity index is 134. The molecule has 1 atom stereocenters. The molecule has 0 bridgehead atoms. The fraction of sp³-hybridized carbons (Fsp3) is 0.857. The van der Waals surface area contributed by atoms with E-state index < -0.39 is 0 Å². The van der Waals surface area contributed by atoms with Gasteiger partial charge in [-0.25, -0.2) is 4.79 Å². The lowest BCUT2D eigenvalue weighted by atomic mass is 10.0. The fourth-order valence-electron chi connectivity index (χ4n) is 1.02. The van der Waals surface area contributed by atoms with E-state index in [2.05, 4.69) is 19.2 Å². The van der Waals surface area contributed by atoms with Crippen molar-refractivity contribution in [3.8, 4) is 0 Å². The molecule has 1 rings (SSSR count). The standard InChI is InChI=1S/C7H13NO2/c1-5(2)6-3-4-8-7(9)10-6/h5-6H,3-4H2,1-2H3,(H,8,9). The Kier molecular flexibility index (Phi) is 2.14. The lowest BCUT2D eigenvalue weighted by Crippen LogP contribution is -2.39. The maximum absolute atomic E-state index is 10.6. The van der Waals surface area contributed by atoms with Crippen molar-refractivity contribution >= 4 is 6.09 Å². The van der Waals surface area contributed by atoms with Gasteiger partial charge in [0.2, 0.25) is 0 Å². The van der Waals surface area contributed by atoms with E-state index in [0.29, 0.717) is 5.92 Å². The average Bonchev–Trinajstić information content (AvgIpc) is 1.88. The monoisotopic (exact) mass is 143 g/mol. The summed E-state index contributed by atoms with van der Waals surface area (Å²) in [5.41, 5.74) is 0. The molecule has 3 heteroatoms. The van der Waals surface area contributed by atoms with Crippen LogP contribution in [0.5, 0.6) is 0 Å². The van der Waals surface area contributed by atoms with Crippen LogP contribution in [0.2, 0.25) is 0 Å². The molecule has 1 saturated heterocycles. The second-order valence-electron chi connectivity index (χ2n) is 2.90. The van der Waals surface area contributed by atoms with Gasteiger partial charge in [-0.3, -0.25) is 0 Å². The van der Waals surface area contributed by atoms with E-state index in [1.807, 2.05) is 0 Å². The molecule has 0 aliphatic carbocycles. The molecular weight excluding hydrogens is 130 g/mol.